The van der Waals surface area contributed by atoms with Gasteiger partial charge in [-0.2, -0.15) is 0 Å². The van der Waals surface area contributed by atoms with Crippen molar-refractivity contribution in [3.8, 4) is 5.75 Å². The van der Waals surface area contributed by atoms with Gasteiger partial charge in [0.05, 0.1) is 12.3 Å². The summed E-state index contributed by atoms with van der Waals surface area (Å²) in [6.45, 7) is 10.2. The quantitative estimate of drug-likeness (QED) is 0.642. The highest BCUT2D eigenvalue weighted by Crippen LogP contribution is 2.29. The third-order valence-electron chi connectivity index (χ3n) is 5.20. The molecule has 1 amide bonds. The molecule has 0 N–H and O–H groups in total. The van der Waals surface area contributed by atoms with E-state index in [4.69, 9.17) is 4.74 Å². The molecule has 1 saturated heterocycles. The van der Waals surface area contributed by atoms with Gasteiger partial charge >= 0.3 is 0 Å². The second-order valence-corrected chi connectivity index (χ2v) is 8.28. The molecule has 0 bridgehead atoms. The minimum Gasteiger partial charge on any atom is -0.492 e. The number of piperazine rings is 1. The van der Waals surface area contributed by atoms with Crippen LogP contribution in [0, 0.1) is 13.8 Å². The highest BCUT2D eigenvalue weighted by atomic mass is 32.2. The lowest BCUT2D eigenvalue weighted by atomic mass is 10.1. The monoisotopic (exact) mass is 398 g/mol. The average molecular weight is 399 g/mol. The van der Waals surface area contributed by atoms with Crippen molar-refractivity contribution in [2.75, 3.05) is 43.4 Å². The lowest BCUT2D eigenvalue weighted by molar-refractivity contribution is -0.131. The number of ether oxygens (including phenoxy) is 1. The molecular formula is C23H30N2O2S. The second-order valence-electron chi connectivity index (χ2n) is 7.11. The summed E-state index contributed by atoms with van der Waals surface area (Å²) in [4.78, 5) is 18.2. The molecule has 28 heavy (non-hydrogen) atoms. The van der Waals surface area contributed by atoms with Gasteiger partial charge in [0.15, 0.2) is 0 Å². The molecule has 1 heterocycles. The molecule has 2 aromatic rings. The summed E-state index contributed by atoms with van der Waals surface area (Å²) in [6.07, 6.45) is 0.590. The van der Waals surface area contributed by atoms with Gasteiger partial charge in [-0.25, -0.2) is 0 Å². The molecule has 0 aromatic heterocycles. The van der Waals surface area contributed by atoms with E-state index in [2.05, 4.69) is 43.0 Å². The fourth-order valence-electron chi connectivity index (χ4n) is 3.41. The first-order chi connectivity index (χ1) is 13.6. The number of rotatable bonds is 7. The molecule has 150 valence electrons. The Kier molecular flexibility index (Phi) is 7.26. The summed E-state index contributed by atoms with van der Waals surface area (Å²) in [5.41, 5.74) is 3.74. The lowest BCUT2D eigenvalue weighted by Crippen LogP contribution is -2.49. The van der Waals surface area contributed by atoms with Crippen molar-refractivity contribution >= 4 is 23.4 Å². The maximum atomic E-state index is 12.6. The number of carbonyl (C=O) groups is 1. The highest BCUT2D eigenvalue weighted by molar-refractivity contribution is 7.99. The SMILES string of the molecule is CCOc1ccccc1N1CCN(C(=O)CCSc2ccc(C)c(C)c2)CC1. The normalized spacial score (nSPS) is 14.2. The molecule has 5 heteroatoms. The number of amides is 1. The van der Waals surface area contributed by atoms with Crippen LogP contribution in [0.4, 0.5) is 5.69 Å². The number of anilines is 1. The molecule has 0 radical (unpaired) electrons. The van der Waals surface area contributed by atoms with Crippen molar-refractivity contribution < 1.29 is 9.53 Å². The maximum absolute atomic E-state index is 12.6. The summed E-state index contributed by atoms with van der Waals surface area (Å²) in [5, 5.41) is 0. The van der Waals surface area contributed by atoms with Gasteiger partial charge in [-0.15, -0.1) is 11.8 Å². The molecule has 1 fully saturated rings. The summed E-state index contributed by atoms with van der Waals surface area (Å²) in [5.74, 6) is 2.01. The predicted octanol–water partition coefficient (Wildman–Crippen LogP) is 4.53. The third-order valence-corrected chi connectivity index (χ3v) is 6.20. The van der Waals surface area contributed by atoms with Gasteiger partial charge in [-0.3, -0.25) is 4.79 Å². The number of thioether (sulfide) groups is 1. The summed E-state index contributed by atoms with van der Waals surface area (Å²) in [7, 11) is 0. The number of hydrogen-bond donors (Lipinski definition) is 0. The molecule has 0 aliphatic carbocycles. The Morgan fingerprint density at radius 1 is 1.04 bits per heavy atom. The first-order valence-electron chi connectivity index (χ1n) is 10.0. The van der Waals surface area contributed by atoms with Crippen molar-refractivity contribution in [3.05, 3.63) is 53.6 Å². The van der Waals surface area contributed by atoms with Crippen molar-refractivity contribution in [2.45, 2.75) is 32.1 Å². The van der Waals surface area contributed by atoms with Crippen LogP contribution in [-0.4, -0.2) is 49.3 Å². The smallest absolute Gasteiger partial charge is 0.223 e. The molecule has 1 aliphatic rings. The van der Waals surface area contributed by atoms with Crippen molar-refractivity contribution in [1.29, 1.82) is 0 Å². The lowest BCUT2D eigenvalue weighted by Gasteiger charge is -2.36. The Hall–Kier alpha value is -2.14. The zero-order chi connectivity index (χ0) is 19.9. The first kappa shape index (κ1) is 20.6. The second kappa shape index (κ2) is 9.87. The predicted molar refractivity (Wildman–Crippen MR) is 118 cm³/mol. The van der Waals surface area contributed by atoms with Crippen molar-refractivity contribution in [1.82, 2.24) is 4.90 Å². The van der Waals surface area contributed by atoms with Gasteiger partial charge in [0.25, 0.3) is 0 Å². The standard InChI is InChI=1S/C23H30N2O2S/c1-4-27-22-8-6-5-7-21(22)24-12-14-25(15-13-24)23(26)11-16-28-20-10-9-18(2)19(3)17-20/h5-10,17H,4,11-16H2,1-3H3. The zero-order valence-corrected chi connectivity index (χ0v) is 17.9. The van der Waals surface area contributed by atoms with E-state index in [9.17, 15) is 4.79 Å². The van der Waals surface area contributed by atoms with E-state index in [0.29, 0.717) is 13.0 Å². The summed E-state index contributed by atoms with van der Waals surface area (Å²) in [6, 6.07) is 14.7. The largest absolute Gasteiger partial charge is 0.492 e. The molecule has 3 rings (SSSR count). The van der Waals surface area contributed by atoms with Gasteiger partial charge in [-0.1, -0.05) is 18.2 Å². The summed E-state index contributed by atoms with van der Waals surface area (Å²) < 4.78 is 5.75. The average Bonchev–Trinajstić information content (AvgIpc) is 2.71. The molecule has 0 saturated carbocycles. The molecule has 4 nitrogen and oxygen atoms in total. The maximum Gasteiger partial charge on any atom is 0.223 e. The van der Waals surface area contributed by atoms with E-state index in [1.165, 1.54) is 16.0 Å². The Morgan fingerprint density at radius 2 is 1.79 bits per heavy atom. The van der Waals surface area contributed by atoms with Crippen molar-refractivity contribution in [3.63, 3.8) is 0 Å². The third kappa shape index (κ3) is 5.22. The zero-order valence-electron chi connectivity index (χ0n) is 17.1. The van der Waals surface area contributed by atoms with Crippen molar-refractivity contribution in [2.24, 2.45) is 0 Å². The Morgan fingerprint density at radius 3 is 2.50 bits per heavy atom. The van der Waals surface area contributed by atoms with E-state index in [1.807, 2.05) is 30.0 Å². The van der Waals surface area contributed by atoms with Gasteiger partial charge in [0.2, 0.25) is 5.91 Å². The van der Waals surface area contributed by atoms with E-state index in [1.54, 1.807) is 11.8 Å². The molecule has 1 aliphatic heterocycles. The fourth-order valence-corrected chi connectivity index (χ4v) is 4.35. The van der Waals surface area contributed by atoms with Gasteiger partial charge in [0, 0.05) is 43.2 Å². The van der Waals surface area contributed by atoms with Crippen LogP contribution in [0.3, 0.4) is 0 Å². The summed E-state index contributed by atoms with van der Waals surface area (Å²) >= 11 is 1.77. The van der Waals surface area contributed by atoms with Crippen LogP contribution < -0.4 is 9.64 Å². The van der Waals surface area contributed by atoms with E-state index >= 15 is 0 Å². The Labute approximate surface area is 172 Å². The molecule has 0 unspecified atom stereocenters. The van der Waals surface area contributed by atoms with E-state index in [0.717, 1.165) is 43.4 Å². The van der Waals surface area contributed by atoms with Crippen LogP contribution in [0.5, 0.6) is 5.75 Å². The fraction of sp³-hybridized carbons (Fsp3) is 0.435. The minimum absolute atomic E-state index is 0.258. The van der Waals surface area contributed by atoms with Crippen LogP contribution in [-0.2, 0) is 4.79 Å². The molecular weight excluding hydrogens is 368 g/mol. The highest BCUT2D eigenvalue weighted by Gasteiger charge is 2.22. The Balaban J connectivity index is 1.47. The molecule has 2 aromatic carbocycles. The Bertz CT molecular complexity index is 801. The topological polar surface area (TPSA) is 32.8 Å². The van der Waals surface area contributed by atoms with Crippen LogP contribution in [0.2, 0.25) is 0 Å². The molecule has 0 spiro atoms. The van der Waals surface area contributed by atoms with E-state index in [-0.39, 0.29) is 5.91 Å². The number of aryl methyl sites for hydroxylation is 2. The van der Waals surface area contributed by atoms with Gasteiger partial charge < -0.3 is 14.5 Å². The first-order valence-corrected chi connectivity index (χ1v) is 11.0. The number of nitrogens with zero attached hydrogens (tertiary/aromatic N) is 2. The number of benzene rings is 2. The number of hydrogen-bond acceptors (Lipinski definition) is 4. The van der Waals surface area contributed by atoms with Crippen LogP contribution in [0.15, 0.2) is 47.4 Å². The minimum atomic E-state index is 0.258. The van der Waals surface area contributed by atoms with E-state index < -0.39 is 0 Å². The van der Waals surface area contributed by atoms with Crippen LogP contribution in [0.1, 0.15) is 24.5 Å². The van der Waals surface area contributed by atoms with Gasteiger partial charge in [-0.05, 0) is 56.2 Å². The van der Waals surface area contributed by atoms with Crippen LogP contribution in [0.25, 0.3) is 0 Å². The number of carbonyl (C=O) groups excluding carboxylic acids is 1. The van der Waals surface area contributed by atoms with Crippen LogP contribution >= 0.6 is 11.8 Å². The molecule has 0 atom stereocenters. The van der Waals surface area contributed by atoms with Gasteiger partial charge in [0.1, 0.15) is 5.75 Å². The number of para-hydroxylation sites is 2.